The van der Waals surface area contributed by atoms with Crippen LogP contribution in [0.5, 0.6) is 0 Å². The second-order valence-electron chi connectivity index (χ2n) is 6.57. The Bertz CT molecular complexity index is 1060. The van der Waals surface area contributed by atoms with Crippen molar-refractivity contribution < 1.29 is 22.5 Å². The van der Waals surface area contributed by atoms with E-state index in [0.717, 1.165) is 23.2 Å². The summed E-state index contributed by atoms with van der Waals surface area (Å²) in [6.07, 6.45) is 0.00485. The Balaban J connectivity index is 1.51. The summed E-state index contributed by atoms with van der Waals surface area (Å²) in [5.41, 5.74) is 4.48. The minimum absolute atomic E-state index is 0.184. The molecule has 11 heteroatoms. The number of carbonyl (C=O) groups is 1. The van der Waals surface area contributed by atoms with Gasteiger partial charge in [0.15, 0.2) is 0 Å². The molecule has 1 N–H and O–H groups in total. The first-order chi connectivity index (χ1) is 13.3. The quantitative estimate of drug-likeness (QED) is 0.532. The van der Waals surface area contributed by atoms with Crippen molar-refractivity contribution >= 4 is 23.2 Å². The third-order valence-corrected chi connectivity index (χ3v) is 4.24. The monoisotopic (exact) mass is 392 g/mol. The van der Waals surface area contributed by atoms with Crippen LogP contribution < -0.4 is 5.43 Å². The van der Waals surface area contributed by atoms with Crippen LogP contribution in [0.25, 0.3) is 11.1 Å². The van der Waals surface area contributed by atoms with Crippen molar-refractivity contribution in [1.82, 2.24) is 25.3 Å². The van der Waals surface area contributed by atoms with Gasteiger partial charge in [0.2, 0.25) is 0 Å². The number of hydrazone groups is 1. The normalized spacial score (nSPS) is 14.9. The Hall–Kier alpha value is -3.24. The van der Waals surface area contributed by atoms with Crippen LogP contribution in [-0.4, -0.2) is 38.2 Å². The van der Waals surface area contributed by atoms with Gasteiger partial charge in [-0.1, -0.05) is 5.16 Å². The van der Waals surface area contributed by atoms with Crippen molar-refractivity contribution in [3.8, 4) is 0 Å². The van der Waals surface area contributed by atoms with Gasteiger partial charge in [-0.15, -0.1) is 0 Å². The molecular weight excluding hydrogens is 377 g/mol. The summed E-state index contributed by atoms with van der Waals surface area (Å²) >= 11 is 0. The molecule has 146 valence electrons. The van der Waals surface area contributed by atoms with E-state index in [9.17, 15) is 18.0 Å². The highest BCUT2D eigenvalue weighted by Gasteiger charge is 2.29. The summed E-state index contributed by atoms with van der Waals surface area (Å²) in [5, 5.41) is 11.9. The molecule has 0 saturated heterocycles. The number of carbonyl (C=O) groups excluding carboxylic acids is 1. The molecule has 3 aromatic rings. The Labute approximate surface area is 156 Å². The molecule has 4 rings (SSSR count). The lowest BCUT2D eigenvalue weighted by atomic mass is 10.1. The van der Waals surface area contributed by atoms with E-state index < -0.39 is 18.6 Å². The van der Waals surface area contributed by atoms with Crippen molar-refractivity contribution in [2.45, 2.75) is 38.4 Å². The van der Waals surface area contributed by atoms with E-state index in [1.807, 2.05) is 0 Å². The number of aryl methyl sites for hydroxylation is 1. The molecule has 28 heavy (non-hydrogen) atoms. The molecule has 0 atom stereocenters. The Kier molecular flexibility index (Phi) is 4.36. The number of nitrogens with zero attached hydrogens (tertiary/aromatic N) is 5. The molecule has 0 unspecified atom stereocenters. The van der Waals surface area contributed by atoms with Gasteiger partial charge in [-0.05, 0) is 31.9 Å². The highest BCUT2D eigenvalue weighted by Crippen LogP contribution is 2.40. The SMILES string of the molecule is Cc1noc2nc(C3CC3)cc(C(=O)N/N=C\c3ccn(CC(F)(F)F)n3)c12. The minimum atomic E-state index is -4.36. The lowest BCUT2D eigenvalue weighted by Gasteiger charge is -2.05. The second-order valence-corrected chi connectivity index (χ2v) is 6.57. The van der Waals surface area contributed by atoms with E-state index in [-0.39, 0.29) is 5.69 Å². The first kappa shape index (κ1) is 18.1. The van der Waals surface area contributed by atoms with Crippen LogP contribution in [0, 0.1) is 6.92 Å². The van der Waals surface area contributed by atoms with E-state index in [1.54, 1.807) is 13.0 Å². The lowest BCUT2D eigenvalue weighted by Crippen LogP contribution is -2.19. The molecule has 1 saturated carbocycles. The number of halogens is 3. The molecule has 8 nitrogen and oxygen atoms in total. The van der Waals surface area contributed by atoms with Crippen molar-refractivity contribution in [2.75, 3.05) is 0 Å². The van der Waals surface area contributed by atoms with Gasteiger partial charge >= 0.3 is 6.18 Å². The first-order valence-corrected chi connectivity index (χ1v) is 8.51. The third kappa shape index (κ3) is 3.87. The number of aromatic nitrogens is 4. The zero-order chi connectivity index (χ0) is 19.9. The van der Waals surface area contributed by atoms with Crippen molar-refractivity contribution in [1.29, 1.82) is 0 Å². The smallest absolute Gasteiger partial charge is 0.336 e. The van der Waals surface area contributed by atoms with Gasteiger partial charge in [-0.3, -0.25) is 9.48 Å². The van der Waals surface area contributed by atoms with Gasteiger partial charge < -0.3 is 4.52 Å². The average Bonchev–Trinajstić information content (AvgIpc) is 3.29. The number of alkyl halides is 3. The largest absolute Gasteiger partial charge is 0.408 e. The van der Waals surface area contributed by atoms with Crippen LogP contribution in [0.1, 0.15) is 46.2 Å². The number of nitrogens with one attached hydrogen (secondary N) is 1. The van der Waals surface area contributed by atoms with Gasteiger partial charge in [-0.25, -0.2) is 10.4 Å². The third-order valence-electron chi connectivity index (χ3n) is 4.24. The number of rotatable bonds is 5. The first-order valence-electron chi connectivity index (χ1n) is 8.51. The molecule has 0 spiro atoms. The standard InChI is InChI=1S/C17H15F3N6O2/c1-9-14-12(6-13(10-2-3-10)22-16(14)28-25-9)15(27)23-21-7-11-4-5-26(24-11)8-17(18,19)20/h4-7,10H,2-3,8H2,1H3,(H,23,27)/b21-7-. The molecule has 1 aliphatic rings. The molecule has 3 aromatic heterocycles. The fourth-order valence-corrected chi connectivity index (χ4v) is 2.82. The summed E-state index contributed by atoms with van der Waals surface area (Å²) in [4.78, 5) is 17.0. The van der Waals surface area contributed by atoms with Crippen LogP contribution in [0.4, 0.5) is 13.2 Å². The molecule has 0 bridgehead atoms. The molecular formula is C17H15F3N6O2. The number of hydrogen-bond donors (Lipinski definition) is 1. The fourth-order valence-electron chi connectivity index (χ4n) is 2.82. The van der Waals surface area contributed by atoms with Crippen LogP contribution in [-0.2, 0) is 6.54 Å². The highest BCUT2D eigenvalue weighted by molar-refractivity contribution is 6.06. The van der Waals surface area contributed by atoms with E-state index in [4.69, 9.17) is 4.52 Å². The molecule has 1 aliphatic carbocycles. The predicted octanol–water partition coefficient (Wildman–Crippen LogP) is 2.93. The number of hydrogen-bond acceptors (Lipinski definition) is 6. The second kappa shape index (κ2) is 6.73. The predicted molar refractivity (Wildman–Crippen MR) is 91.9 cm³/mol. The van der Waals surface area contributed by atoms with Crippen molar-refractivity contribution in [2.24, 2.45) is 5.10 Å². The molecule has 1 fully saturated rings. The average molecular weight is 392 g/mol. The molecule has 0 radical (unpaired) electrons. The maximum atomic E-state index is 12.6. The van der Waals surface area contributed by atoms with E-state index in [1.165, 1.54) is 18.5 Å². The van der Waals surface area contributed by atoms with Crippen LogP contribution >= 0.6 is 0 Å². The summed E-state index contributed by atoms with van der Waals surface area (Å²) in [6, 6.07) is 3.06. The Morgan fingerprint density at radius 1 is 1.46 bits per heavy atom. The van der Waals surface area contributed by atoms with Gasteiger partial charge in [0.25, 0.3) is 11.6 Å². The van der Waals surface area contributed by atoms with Gasteiger partial charge in [0, 0.05) is 17.8 Å². The zero-order valence-corrected chi connectivity index (χ0v) is 14.7. The summed E-state index contributed by atoms with van der Waals surface area (Å²) in [6.45, 7) is 0.510. The number of pyridine rings is 1. The molecule has 0 aromatic carbocycles. The highest BCUT2D eigenvalue weighted by atomic mass is 19.4. The number of fused-ring (bicyclic) bond motifs is 1. The van der Waals surface area contributed by atoms with Crippen molar-refractivity contribution in [3.05, 3.63) is 41.0 Å². The topological polar surface area (TPSA) is 98.2 Å². The van der Waals surface area contributed by atoms with Gasteiger partial charge in [0.1, 0.15) is 12.2 Å². The van der Waals surface area contributed by atoms with Crippen LogP contribution in [0.15, 0.2) is 28.0 Å². The molecule has 3 heterocycles. The maximum Gasteiger partial charge on any atom is 0.408 e. The number of amides is 1. The molecule has 1 amide bonds. The van der Waals surface area contributed by atoms with Crippen molar-refractivity contribution in [3.63, 3.8) is 0 Å². The lowest BCUT2D eigenvalue weighted by molar-refractivity contribution is -0.142. The zero-order valence-electron chi connectivity index (χ0n) is 14.7. The summed E-state index contributed by atoms with van der Waals surface area (Å²) in [5.74, 6) is -0.186. The van der Waals surface area contributed by atoms with E-state index >= 15 is 0 Å². The van der Waals surface area contributed by atoms with Crippen LogP contribution in [0.2, 0.25) is 0 Å². The summed E-state index contributed by atoms with van der Waals surface area (Å²) in [7, 11) is 0. The molecule has 0 aliphatic heterocycles. The summed E-state index contributed by atoms with van der Waals surface area (Å²) < 4.78 is 43.0. The van der Waals surface area contributed by atoms with Gasteiger partial charge in [0.05, 0.1) is 22.9 Å². The minimum Gasteiger partial charge on any atom is -0.336 e. The van der Waals surface area contributed by atoms with E-state index in [2.05, 4.69) is 25.8 Å². The maximum absolute atomic E-state index is 12.6. The fraction of sp³-hybridized carbons (Fsp3) is 0.353. The van der Waals surface area contributed by atoms with Crippen LogP contribution in [0.3, 0.4) is 0 Å². The van der Waals surface area contributed by atoms with E-state index in [0.29, 0.717) is 28.3 Å². The van der Waals surface area contributed by atoms with Gasteiger partial charge in [-0.2, -0.15) is 23.4 Å². The Morgan fingerprint density at radius 3 is 2.96 bits per heavy atom. The Morgan fingerprint density at radius 2 is 2.25 bits per heavy atom.